The van der Waals surface area contributed by atoms with Crippen molar-refractivity contribution in [3.8, 4) is 0 Å². The van der Waals surface area contributed by atoms with E-state index in [1.54, 1.807) is 12.3 Å². The van der Waals surface area contributed by atoms with Crippen molar-refractivity contribution in [2.75, 3.05) is 13.2 Å². The third kappa shape index (κ3) is 8.14. The van der Waals surface area contributed by atoms with E-state index >= 15 is 0 Å². The Kier molecular flexibility index (Phi) is 7.89. The summed E-state index contributed by atoms with van der Waals surface area (Å²) in [4.78, 5) is 11.3. The Labute approximate surface area is 121 Å². The molecule has 0 heterocycles. The van der Waals surface area contributed by atoms with Crippen molar-refractivity contribution in [3.63, 3.8) is 0 Å². The van der Waals surface area contributed by atoms with E-state index in [1.165, 1.54) is 11.6 Å². The summed E-state index contributed by atoms with van der Waals surface area (Å²) in [5, 5.41) is 2.81. The Bertz CT molecular complexity index is 436. The highest BCUT2D eigenvalue weighted by molar-refractivity contribution is 5.87. The SMILES string of the molecule is CC(C)CNC(=O)C=CCOC=CCc1ccccc1. The molecule has 0 saturated heterocycles. The zero-order valence-electron chi connectivity index (χ0n) is 12.2. The monoisotopic (exact) mass is 273 g/mol. The molecule has 3 nitrogen and oxygen atoms in total. The molecule has 0 bridgehead atoms. The smallest absolute Gasteiger partial charge is 0.243 e. The van der Waals surface area contributed by atoms with Crippen LogP contribution < -0.4 is 5.32 Å². The van der Waals surface area contributed by atoms with Crippen LogP contribution in [0.4, 0.5) is 0 Å². The summed E-state index contributed by atoms with van der Waals surface area (Å²) in [5.74, 6) is 0.389. The van der Waals surface area contributed by atoms with E-state index in [0.717, 1.165) is 6.42 Å². The molecule has 0 unspecified atom stereocenters. The minimum Gasteiger partial charge on any atom is -0.497 e. The van der Waals surface area contributed by atoms with Crippen LogP contribution in [-0.2, 0) is 16.0 Å². The first kappa shape index (κ1) is 16.0. The standard InChI is InChI=1S/C17H23NO2/c1-15(2)14-18-17(19)11-7-13-20-12-6-10-16-8-4-3-5-9-16/h3-9,11-12,15H,10,13-14H2,1-2H3,(H,18,19). The van der Waals surface area contributed by atoms with Gasteiger partial charge in [0.1, 0.15) is 6.61 Å². The largest absolute Gasteiger partial charge is 0.497 e. The van der Waals surface area contributed by atoms with Gasteiger partial charge >= 0.3 is 0 Å². The second-order valence-corrected chi connectivity index (χ2v) is 4.94. The van der Waals surface area contributed by atoms with Crippen LogP contribution in [-0.4, -0.2) is 19.1 Å². The molecule has 3 heteroatoms. The van der Waals surface area contributed by atoms with Crippen LogP contribution in [0.1, 0.15) is 19.4 Å². The normalized spacial score (nSPS) is 11.3. The molecule has 0 aromatic heterocycles. The molecule has 1 aromatic carbocycles. The molecule has 1 N–H and O–H groups in total. The van der Waals surface area contributed by atoms with Gasteiger partial charge in [0.25, 0.3) is 0 Å². The molecule has 0 aliphatic heterocycles. The van der Waals surface area contributed by atoms with Gasteiger partial charge in [-0.2, -0.15) is 0 Å². The van der Waals surface area contributed by atoms with E-state index in [2.05, 4.69) is 31.3 Å². The van der Waals surface area contributed by atoms with Crippen molar-refractivity contribution in [2.24, 2.45) is 5.92 Å². The van der Waals surface area contributed by atoms with Crippen molar-refractivity contribution in [3.05, 3.63) is 60.4 Å². The highest BCUT2D eigenvalue weighted by Gasteiger charge is 1.96. The van der Waals surface area contributed by atoms with Crippen LogP contribution in [0, 0.1) is 5.92 Å². The topological polar surface area (TPSA) is 38.3 Å². The quantitative estimate of drug-likeness (QED) is 0.449. The van der Waals surface area contributed by atoms with E-state index in [0.29, 0.717) is 19.1 Å². The first-order valence-electron chi connectivity index (χ1n) is 6.93. The Hall–Kier alpha value is -2.03. The number of amides is 1. The Balaban J connectivity index is 2.10. The van der Waals surface area contributed by atoms with E-state index < -0.39 is 0 Å². The van der Waals surface area contributed by atoms with Gasteiger partial charge in [-0.05, 0) is 30.1 Å². The van der Waals surface area contributed by atoms with E-state index in [1.807, 2.05) is 24.3 Å². The summed E-state index contributed by atoms with van der Waals surface area (Å²) in [7, 11) is 0. The van der Waals surface area contributed by atoms with Crippen molar-refractivity contribution < 1.29 is 9.53 Å². The molecule has 0 aliphatic rings. The van der Waals surface area contributed by atoms with Gasteiger partial charge < -0.3 is 10.1 Å². The fourth-order valence-corrected chi connectivity index (χ4v) is 1.50. The average molecular weight is 273 g/mol. The molecule has 20 heavy (non-hydrogen) atoms. The molecule has 0 saturated carbocycles. The second-order valence-electron chi connectivity index (χ2n) is 4.94. The van der Waals surface area contributed by atoms with Gasteiger partial charge in [0.05, 0.1) is 6.26 Å². The number of benzene rings is 1. The van der Waals surface area contributed by atoms with Crippen LogP contribution in [0.5, 0.6) is 0 Å². The predicted octanol–water partition coefficient (Wildman–Crippen LogP) is 3.09. The Morgan fingerprint density at radius 3 is 2.70 bits per heavy atom. The molecule has 0 atom stereocenters. The van der Waals surface area contributed by atoms with Gasteiger partial charge in [0.15, 0.2) is 0 Å². The number of ether oxygens (including phenoxy) is 1. The summed E-state index contributed by atoms with van der Waals surface area (Å²) < 4.78 is 5.28. The lowest BCUT2D eigenvalue weighted by Crippen LogP contribution is -2.25. The fraction of sp³-hybridized carbons (Fsp3) is 0.353. The van der Waals surface area contributed by atoms with Crippen LogP contribution in [0.3, 0.4) is 0 Å². The van der Waals surface area contributed by atoms with Gasteiger partial charge in [-0.1, -0.05) is 44.2 Å². The number of hydrogen-bond acceptors (Lipinski definition) is 2. The Morgan fingerprint density at radius 2 is 2.00 bits per heavy atom. The number of nitrogens with one attached hydrogen (secondary N) is 1. The van der Waals surface area contributed by atoms with Crippen LogP contribution in [0.2, 0.25) is 0 Å². The van der Waals surface area contributed by atoms with Gasteiger partial charge in [0, 0.05) is 12.6 Å². The lowest BCUT2D eigenvalue weighted by molar-refractivity contribution is -0.116. The zero-order valence-corrected chi connectivity index (χ0v) is 12.2. The molecule has 0 spiro atoms. The number of rotatable bonds is 8. The summed E-state index contributed by atoms with van der Waals surface area (Å²) >= 11 is 0. The van der Waals surface area contributed by atoms with Crippen molar-refractivity contribution in [1.29, 1.82) is 0 Å². The molecule has 0 radical (unpaired) electrons. The average Bonchev–Trinajstić information content (AvgIpc) is 2.45. The second kappa shape index (κ2) is 9.84. The third-order valence-corrected chi connectivity index (χ3v) is 2.54. The van der Waals surface area contributed by atoms with Crippen LogP contribution in [0.15, 0.2) is 54.8 Å². The van der Waals surface area contributed by atoms with Crippen molar-refractivity contribution in [1.82, 2.24) is 5.32 Å². The first-order valence-corrected chi connectivity index (χ1v) is 6.93. The molecule has 1 amide bonds. The van der Waals surface area contributed by atoms with Crippen molar-refractivity contribution in [2.45, 2.75) is 20.3 Å². The minimum absolute atomic E-state index is 0.0736. The van der Waals surface area contributed by atoms with Gasteiger partial charge in [0.2, 0.25) is 5.91 Å². The van der Waals surface area contributed by atoms with Crippen LogP contribution in [0.25, 0.3) is 0 Å². The van der Waals surface area contributed by atoms with E-state index in [9.17, 15) is 4.79 Å². The lowest BCUT2D eigenvalue weighted by Gasteiger charge is -2.04. The van der Waals surface area contributed by atoms with Crippen LogP contribution >= 0.6 is 0 Å². The summed E-state index contributed by atoms with van der Waals surface area (Å²) in [5.41, 5.74) is 1.25. The number of carbonyl (C=O) groups is 1. The highest BCUT2D eigenvalue weighted by Crippen LogP contribution is 2.00. The molecule has 1 rings (SSSR count). The molecule has 0 fully saturated rings. The molecule has 1 aromatic rings. The van der Waals surface area contributed by atoms with Gasteiger partial charge in [-0.3, -0.25) is 4.79 Å². The summed E-state index contributed by atoms with van der Waals surface area (Å²) in [6.07, 6.45) is 7.70. The Morgan fingerprint density at radius 1 is 1.25 bits per heavy atom. The maximum Gasteiger partial charge on any atom is 0.243 e. The predicted molar refractivity (Wildman–Crippen MR) is 82.2 cm³/mol. The minimum atomic E-state index is -0.0736. The fourth-order valence-electron chi connectivity index (χ4n) is 1.50. The highest BCUT2D eigenvalue weighted by atomic mass is 16.5. The maximum atomic E-state index is 11.3. The summed E-state index contributed by atoms with van der Waals surface area (Å²) in [6, 6.07) is 10.2. The van der Waals surface area contributed by atoms with Gasteiger partial charge in [-0.25, -0.2) is 0 Å². The van der Waals surface area contributed by atoms with Gasteiger partial charge in [-0.15, -0.1) is 0 Å². The maximum absolute atomic E-state index is 11.3. The number of carbonyl (C=O) groups excluding carboxylic acids is 1. The summed E-state index contributed by atoms with van der Waals surface area (Å²) in [6.45, 7) is 5.22. The van der Waals surface area contributed by atoms with Crippen molar-refractivity contribution >= 4 is 5.91 Å². The van der Waals surface area contributed by atoms with E-state index in [-0.39, 0.29) is 5.91 Å². The zero-order chi connectivity index (χ0) is 14.6. The molecular formula is C17H23NO2. The lowest BCUT2D eigenvalue weighted by atomic mass is 10.2. The first-order chi connectivity index (χ1) is 9.68. The number of hydrogen-bond donors (Lipinski definition) is 1. The van der Waals surface area contributed by atoms with E-state index in [4.69, 9.17) is 4.74 Å². The molecule has 0 aliphatic carbocycles. The number of allylic oxidation sites excluding steroid dienone is 1. The third-order valence-electron chi connectivity index (χ3n) is 2.54. The molecule has 108 valence electrons. The molecular weight excluding hydrogens is 250 g/mol.